The van der Waals surface area contributed by atoms with Crippen molar-refractivity contribution in [3.05, 3.63) is 48.0 Å². The highest BCUT2D eigenvalue weighted by molar-refractivity contribution is 5.82. The smallest absolute Gasteiger partial charge is 0.0139 e. The summed E-state index contributed by atoms with van der Waals surface area (Å²) in [6.07, 6.45) is 2.43. The molecule has 0 unspecified atom stereocenters. The summed E-state index contributed by atoms with van der Waals surface area (Å²) in [5.74, 6) is 0.714. The molecule has 1 heterocycles. The third-order valence-electron chi connectivity index (χ3n) is 3.45. The van der Waals surface area contributed by atoms with E-state index in [1.165, 1.54) is 29.2 Å². The molecule has 3 rings (SSSR count). The van der Waals surface area contributed by atoms with Gasteiger partial charge in [-0.3, -0.25) is 0 Å². The predicted molar refractivity (Wildman–Crippen MR) is 66.6 cm³/mol. The molecule has 1 nitrogen and oxygen atoms in total. The van der Waals surface area contributed by atoms with E-state index >= 15 is 0 Å². The molecule has 1 aliphatic heterocycles. The van der Waals surface area contributed by atoms with Crippen LogP contribution in [0.4, 0.5) is 0 Å². The van der Waals surface area contributed by atoms with Crippen LogP contribution in [0.25, 0.3) is 10.8 Å². The molecule has 0 aromatic heterocycles. The van der Waals surface area contributed by atoms with E-state index in [1.807, 2.05) is 6.07 Å². The van der Waals surface area contributed by atoms with Crippen LogP contribution in [-0.4, -0.2) is 13.1 Å². The average Bonchev–Trinajstić information content (AvgIpc) is 2.39. The van der Waals surface area contributed by atoms with Crippen LogP contribution in [0.5, 0.6) is 0 Å². The van der Waals surface area contributed by atoms with Gasteiger partial charge in [0, 0.05) is 13.1 Å². The topological polar surface area (TPSA) is 14.1 Å². The average molecular weight is 209 g/mol. The van der Waals surface area contributed by atoms with Crippen LogP contribution in [0.15, 0.2) is 36.4 Å². The maximum absolute atomic E-state index is 4.41. The van der Waals surface area contributed by atoms with Crippen molar-refractivity contribution in [2.24, 2.45) is 0 Å². The van der Waals surface area contributed by atoms with Crippen molar-refractivity contribution in [3.8, 4) is 0 Å². The fourth-order valence-corrected chi connectivity index (χ4v) is 2.48. The van der Waals surface area contributed by atoms with Gasteiger partial charge < -0.3 is 0 Å². The zero-order valence-corrected chi connectivity index (χ0v) is 9.32. The molecule has 2 aromatic carbocycles. The fourth-order valence-electron chi connectivity index (χ4n) is 2.48. The number of nitrogens with zero attached hydrogens (tertiary/aromatic N) is 1. The number of benzene rings is 2. The normalized spacial score (nSPS) is 17.8. The Morgan fingerprint density at radius 3 is 2.81 bits per heavy atom. The Kier molecular flexibility index (Phi) is 2.63. The van der Waals surface area contributed by atoms with Crippen molar-refractivity contribution in [2.75, 3.05) is 13.1 Å². The monoisotopic (exact) mass is 209 g/mol. The van der Waals surface area contributed by atoms with Crippen molar-refractivity contribution in [1.29, 1.82) is 0 Å². The van der Waals surface area contributed by atoms with Crippen molar-refractivity contribution in [3.63, 3.8) is 0 Å². The number of fused-ring (bicyclic) bond motifs is 1. The molecular weight excluding hydrogens is 194 g/mol. The summed E-state index contributed by atoms with van der Waals surface area (Å²) in [6.45, 7) is 2.07. The lowest BCUT2D eigenvalue weighted by molar-refractivity contribution is 0.454. The van der Waals surface area contributed by atoms with E-state index < -0.39 is 0 Å². The Labute approximate surface area is 96.5 Å². The summed E-state index contributed by atoms with van der Waals surface area (Å²) in [4.78, 5) is 0. The first-order valence-corrected chi connectivity index (χ1v) is 5.96. The van der Waals surface area contributed by atoms with Gasteiger partial charge in [-0.15, -0.1) is 0 Å². The molecule has 1 heteroatoms. The molecule has 0 saturated carbocycles. The van der Waals surface area contributed by atoms with Crippen molar-refractivity contribution >= 4 is 10.8 Å². The minimum Gasteiger partial charge on any atom is -0.242 e. The summed E-state index contributed by atoms with van der Waals surface area (Å²) in [6, 6.07) is 16.1. The van der Waals surface area contributed by atoms with Gasteiger partial charge in [0.05, 0.1) is 0 Å². The second-order valence-electron chi connectivity index (χ2n) is 4.48. The Morgan fingerprint density at radius 1 is 1.06 bits per heavy atom. The van der Waals surface area contributed by atoms with Gasteiger partial charge in [0.2, 0.25) is 0 Å². The minimum absolute atomic E-state index is 0.714. The van der Waals surface area contributed by atoms with Gasteiger partial charge in [0.25, 0.3) is 0 Å². The molecule has 1 fully saturated rings. The first kappa shape index (κ1) is 9.86. The summed E-state index contributed by atoms with van der Waals surface area (Å²) >= 11 is 0. The fraction of sp³-hybridized carbons (Fsp3) is 0.333. The van der Waals surface area contributed by atoms with Crippen molar-refractivity contribution in [1.82, 2.24) is 5.32 Å². The van der Waals surface area contributed by atoms with Crippen LogP contribution in [0.3, 0.4) is 0 Å². The number of hydrogen-bond donors (Lipinski definition) is 0. The largest absolute Gasteiger partial charge is 0.242 e. The molecule has 0 spiro atoms. The van der Waals surface area contributed by atoms with E-state index in [4.69, 9.17) is 0 Å². The molecular formula is C15H15N. The standard InChI is InChI=1S/C15H15N/c1-2-4-14-11-15(6-5-12(14)3-1)13-7-9-16-10-8-13/h2-6,11,13H,7-10H2. The Morgan fingerprint density at radius 2 is 1.94 bits per heavy atom. The lowest BCUT2D eigenvalue weighted by Gasteiger charge is -2.22. The van der Waals surface area contributed by atoms with Gasteiger partial charge >= 0.3 is 0 Å². The second kappa shape index (κ2) is 4.26. The second-order valence-corrected chi connectivity index (χ2v) is 4.48. The molecule has 0 atom stereocenters. The van der Waals surface area contributed by atoms with Gasteiger partial charge in [-0.25, -0.2) is 5.32 Å². The zero-order valence-electron chi connectivity index (χ0n) is 9.32. The van der Waals surface area contributed by atoms with Gasteiger partial charge in [0.1, 0.15) is 0 Å². The Hall–Kier alpha value is -1.34. The summed E-state index contributed by atoms with van der Waals surface area (Å²) < 4.78 is 0. The van der Waals surface area contributed by atoms with E-state index in [0.29, 0.717) is 5.92 Å². The molecule has 1 saturated heterocycles. The van der Waals surface area contributed by atoms with Crippen LogP contribution >= 0.6 is 0 Å². The molecule has 1 aliphatic rings. The summed E-state index contributed by atoms with van der Waals surface area (Å²) in [7, 11) is 0. The quantitative estimate of drug-likeness (QED) is 0.685. The van der Waals surface area contributed by atoms with Crippen LogP contribution < -0.4 is 5.32 Å². The number of rotatable bonds is 1. The summed E-state index contributed by atoms with van der Waals surface area (Å²) in [5, 5.41) is 7.03. The highest BCUT2D eigenvalue weighted by Gasteiger charge is 2.15. The van der Waals surface area contributed by atoms with Crippen LogP contribution in [0, 0.1) is 6.07 Å². The van der Waals surface area contributed by atoms with Crippen molar-refractivity contribution in [2.45, 2.75) is 18.8 Å². The van der Waals surface area contributed by atoms with E-state index in [-0.39, 0.29) is 0 Å². The number of hydrogen-bond acceptors (Lipinski definition) is 0. The van der Waals surface area contributed by atoms with E-state index in [9.17, 15) is 0 Å². The molecule has 0 amide bonds. The van der Waals surface area contributed by atoms with E-state index in [1.54, 1.807) is 0 Å². The van der Waals surface area contributed by atoms with Crippen molar-refractivity contribution < 1.29 is 0 Å². The van der Waals surface area contributed by atoms with Gasteiger partial charge in [-0.05, 0) is 47.2 Å². The maximum Gasteiger partial charge on any atom is 0.0139 e. The molecule has 2 aromatic rings. The predicted octanol–water partition coefficient (Wildman–Crippen LogP) is 3.12. The lowest BCUT2D eigenvalue weighted by atomic mass is 9.89. The Balaban J connectivity index is 1.97. The molecule has 0 N–H and O–H groups in total. The zero-order chi connectivity index (χ0) is 10.8. The maximum atomic E-state index is 4.41. The highest BCUT2D eigenvalue weighted by atomic mass is 14.9. The van der Waals surface area contributed by atoms with Crippen LogP contribution in [0.2, 0.25) is 0 Å². The number of piperidine rings is 1. The molecule has 0 aliphatic carbocycles. The lowest BCUT2D eigenvalue weighted by Crippen LogP contribution is -2.20. The summed E-state index contributed by atoms with van der Waals surface area (Å²) in [5.41, 5.74) is 1.48. The van der Waals surface area contributed by atoms with Crippen LogP contribution in [0.1, 0.15) is 24.3 Å². The minimum atomic E-state index is 0.714. The highest BCUT2D eigenvalue weighted by Crippen LogP contribution is 2.28. The molecule has 16 heavy (non-hydrogen) atoms. The van der Waals surface area contributed by atoms with E-state index in [0.717, 1.165) is 13.1 Å². The van der Waals surface area contributed by atoms with Gasteiger partial charge in [0.15, 0.2) is 0 Å². The first-order chi connectivity index (χ1) is 7.93. The molecule has 0 bridgehead atoms. The third kappa shape index (κ3) is 1.83. The third-order valence-corrected chi connectivity index (χ3v) is 3.45. The molecule has 2 radical (unpaired) electrons. The Bertz CT molecular complexity index is 484. The van der Waals surface area contributed by atoms with Gasteiger partial charge in [-0.1, -0.05) is 30.3 Å². The first-order valence-electron chi connectivity index (χ1n) is 5.96. The molecule has 80 valence electrons. The SMILES string of the molecule is [c]1ccc2cc(C3CC[N]CC3)ccc2c1. The van der Waals surface area contributed by atoms with E-state index in [2.05, 4.69) is 41.7 Å². The van der Waals surface area contributed by atoms with Crippen LogP contribution in [-0.2, 0) is 0 Å². The van der Waals surface area contributed by atoms with Gasteiger partial charge in [-0.2, -0.15) is 0 Å².